The lowest BCUT2D eigenvalue weighted by Gasteiger charge is -2.12. The number of aryl methyl sites for hydroxylation is 1. The van der Waals surface area contributed by atoms with Crippen molar-refractivity contribution in [1.82, 2.24) is 5.43 Å². The summed E-state index contributed by atoms with van der Waals surface area (Å²) in [7, 11) is 0. The Morgan fingerprint density at radius 1 is 0.721 bits per heavy atom. The van der Waals surface area contributed by atoms with Crippen molar-refractivity contribution in [3.8, 4) is 5.75 Å². The van der Waals surface area contributed by atoms with Crippen LogP contribution in [0.5, 0.6) is 5.75 Å². The number of ether oxygens (including phenoxy) is 1. The number of esters is 1. The quantitative estimate of drug-likeness (QED) is 0.0760. The number of benzene rings is 5. The van der Waals surface area contributed by atoms with Gasteiger partial charge in [-0.2, -0.15) is 5.10 Å². The monoisotopic (exact) mass is 570 g/mol. The number of anilines is 2. The maximum absolute atomic E-state index is 12.9. The normalized spacial score (nSPS) is 10.7. The molecule has 5 rings (SSSR count). The van der Waals surface area contributed by atoms with Crippen molar-refractivity contribution in [3.05, 3.63) is 138 Å². The number of hydrogen-bond acceptors (Lipinski definition) is 6. The number of carbonyl (C=O) groups excluding carboxylic acids is 4. The van der Waals surface area contributed by atoms with Crippen LogP contribution in [-0.2, 0) is 9.59 Å². The minimum atomic E-state index is -1.06. The van der Waals surface area contributed by atoms with Crippen molar-refractivity contribution in [2.75, 3.05) is 10.6 Å². The van der Waals surface area contributed by atoms with Gasteiger partial charge in [-0.15, -0.1) is 0 Å². The zero-order chi connectivity index (χ0) is 30.2. The predicted molar refractivity (Wildman–Crippen MR) is 165 cm³/mol. The van der Waals surface area contributed by atoms with Crippen LogP contribution in [0.3, 0.4) is 0 Å². The van der Waals surface area contributed by atoms with Crippen molar-refractivity contribution in [1.29, 1.82) is 0 Å². The number of hydrogen-bond donors (Lipinski definition) is 3. The molecule has 43 heavy (non-hydrogen) atoms. The van der Waals surface area contributed by atoms with E-state index < -0.39 is 23.7 Å². The molecular weight excluding hydrogens is 544 g/mol. The molecule has 0 aliphatic heterocycles. The van der Waals surface area contributed by atoms with Crippen molar-refractivity contribution < 1.29 is 23.9 Å². The summed E-state index contributed by atoms with van der Waals surface area (Å²) in [6.45, 7) is 1.91. The van der Waals surface area contributed by atoms with E-state index in [9.17, 15) is 19.2 Å². The maximum atomic E-state index is 12.9. The minimum absolute atomic E-state index is 0.154. The molecule has 3 amide bonds. The molecule has 9 nitrogen and oxygen atoms in total. The summed E-state index contributed by atoms with van der Waals surface area (Å²) in [6, 6.07) is 33.0. The Bertz CT molecular complexity index is 1870. The molecule has 5 aromatic carbocycles. The van der Waals surface area contributed by atoms with Gasteiger partial charge in [0.1, 0.15) is 5.75 Å². The molecule has 212 valence electrons. The van der Waals surface area contributed by atoms with Crippen LogP contribution in [0.15, 0.2) is 120 Å². The van der Waals surface area contributed by atoms with E-state index in [-0.39, 0.29) is 17.0 Å². The van der Waals surface area contributed by atoms with Crippen LogP contribution in [0.4, 0.5) is 11.4 Å². The highest BCUT2D eigenvalue weighted by atomic mass is 16.5. The van der Waals surface area contributed by atoms with E-state index in [0.717, 1.165) is 16.3 Å². The van der Waals surface area contributed by atoms with Gasteiger partial charge in [0.15, 0.2) is 0 Å². The van der Waals surface area contributed by atoms with Crippen LogP contribution in [0.2, 0.25) is 0 Å². The SMILES string of the molecule is Cc1cccc(NC(=O)c2ccccc2NC(=O)C(=O)NN=Cc2c(OC(=O)c3ccccc3)ccc3ccccc23)c1. The third-order valence-electron chi connectivity index (χ3n) is 6.40. The topological polar surface area (TPSA) is 126 Å². The average molecular weight is 571 g/mol. The highest BCUT2D eigenvalue weighted by Gasteiger charge is 2.18. The van der Waals surface area contributed by atoms with Crippen LogP contribution in [-0.4, -0.2) is 29.9 Å². The number of para-hydroxylation sites is 1. The van der Waals surface area contributed by atoms with E-state index in [1.54, 1.807) is 60.7 Å². The van der Waals surface area contributed by atoms with Gasteiger partial charge in [-0.25, -0.2) is 10.2 Å². The van der Waals surface area contributed by atoms with Crippen molar-refractivity contribution in [3.63, 3.8) is 0 Å². The Morgan fingerprint density at radius 3 is 2.28 bits per heavy atom. The zero-order valence-corrected chi connectivity index (χ0v) is 23.0. The zero-order valence-electron chi connectivity index (χ0n) is 23.0. The third-order valence-corrected chi connectivity index (χ3v) is 6.40. The first-order chi connectivity index (χ1) is 20.9. The van der Waals surface area contributed by atoms with Gasteiger partial charge in [0, 0.05) is 11.3 Å². The Balaban J connectivity index is 1.30. The molecule has 0 spiro atoms. The highest BCUT2D eigenvalue weighted by Crippen LogP contribution is 2.27. The van der Waals surface area contributed by atoms with Gasteiger partial charge >= 0.3 is 17.8 Å². The van der Waals surface area contributed by atoms with E-state index in [4.69, 9.17) is 4.74 Å². The summed E-state index contributed by atoms with van der Waals surface area (Å²) in [5.74, 6) is -2.87. The molecule has 0 heterocycles. The molecule has 0 aromatic heterocycles. The van der Waals surface area contributed by atoms with Gasteiger partial charge in [-0.05, 0) is 65.7 Å². The van der Waals surface area contributed by atoms with Gasteiger partial charge in [0.25, 0.3) is 5.91 Å². The molecule has 3 N–H and O–H groups in total. The van der Waals surface area contributed by atoms with E-state index in [1.807, 2.05) is 49.4 Å². The van der Waals surface area contributed by atoms with Crippen LogP contribution >= 0.6 is 0 Å². The summed E-state index contributed by atoms with van der Waals surface area (Å²) < 4.78 is 5.65. The fourth-order valence-corrected chi connectivity index (χ4v) is 4.33. The molecule has 0 aliphatic rings. The first-order valence-electron chi connectivity index (χ1n) is 13.3. The summed E-state index contributed by atoms with van der Waals surface area (Å²) in [5.41, 5.74) is 4.90. The summed E-state index contributed by atoms with van der Waals surface area (Å²) in [6.07, 6.45) is 1.31. The van der Waals surface area contributed by atoms with Gasteiger partial charge in [0.05, 0.1) is 23.0 Å². The van der Waals surface area contributed by atoms with E-state index in [0.29, 0.717) is 16.8 Å². The number of fused-ring (bicyclic) bond motifs is 1. The minimum Gasteiger partial charge on any atom is -0.422 e. The van der Waals surface area contributed by atoms with Crippen LogP contribution in [0, 0.1) is 6.92 Å². The largest absolute Gasteiger partial charge is 0.422 e. The Morgan fingerprint density at radius 2 is 1.47 bits per heavy atom. The van der Waals surface area contributed by atoms with E-state index >= 15 is 0 Å². The third kappa shape index (κ3) is 6.98. The lowest BCUT2D eigenvalue weighted by molar-refractivity contribution is -0.136. The first-order valence-corrected chi connectivity index (χ1v) is 13.3. The summed E-state index contributed by atoms with van der Waals surface area (Å²) >= 11 is 0. The summed E-state index contributed by atoms with van der Waals surface area (Å²) in [4.78, 5) is 51.0. The second-order valence-electron chi connectivity index (χ2n) is 9.48. The first kappa shape index (κ1) is 28.4. The number of carbonyl (C=O) groups is 4. The Labute approximate surface area is 247 Å². The Kier molecular flexibility index (Phi) is 8.63. The lowest BCUT2D eigenvalue weighted by atomic mass is 10.0. The van der Waals surface area contributed by atoms with E-state index in [2.05, 4.69) is 21.2 Å². The molecule has 0 aliphatic carbocycles. The van der Waals surface area contributed by atoms with Crippen LogP contribution in [0.25, 0.3) is 10.8 Å². The van der Waals surface area contributed by atoms with Crippen LogP contribution < -0.4 is 20.8 Å². The molecule has 0 unspecified atom stereocenters. The predicted octanol–water partition coefficient (Wildman–Crippen LogP) is 5.71. The second-order valence-corrected chi connectivity index (χ2v) is 9.48. The molecule has 0 saturated heterocycles. The number of amides is 3. The fraction of sp³-hybridized carbons (Fsp3) is 0.0294. The molecule has 0 bridgehead atoms. The molecular formula is C34H26N4O5. The average Bonchev–Trinajstić information content (AvgIpc) is 3.02. The standard InChI is InChI=1S/C34H26N4O5/c1-22-10-9-14-25(20-22)36-31(39)27-16-7-8-17-29(27)37-32(40)33(41)38-35-21-28-26-15-6-5-11-23(26)18-19-30(28)43-34(42)24-12-3-2-4-13-24/h2-21H,1H3,(H,36,39)(H,37,40)(H,38,41). The number of hydrazone groups is 1. The molecule has 9 heteroatoms. The van der Waals surface area contributed by atoms with Gasteiger partial charge in [-0.1, -0.05) is 72.8 Å². The number of rotatable bonds is 7. The Hall–Kier alpha value is -6.09. The van der Waals surface area contributed by atoms with Crippen LogP contribution in [0.1, 0.15) is 31.8 Å². The molecule has 5 aromatic rings. The van der Waals surface area contributed by atoms with Gasteiger partial charge in [-0.3, -0.25) is 14.4 Å². The van der Waals surface area contributed by atoms with Crippen molar-refractivity contribution >= 4 is 52.1 Å². The second kappa shape index (κ2) is 13.0. The van der Waals surface area contributed by atoms with Gasteiger partial charge in [0.2, 0.25) is 0 Å². The van der Waals surface area contributed by atoms with E-state index in [1.165, 1.54) is 18.3 Å². The fourth-order valence-electron chi connectivity index (χ4n) is 4.33. The summed E-state index contributed by atoms with van der Waals surface area (Å²) in [5, 5.41) is 10.8. The van der Waals surface area contributed by atoms with Gasteiger partial charge < -0.3 is 15.4 Å². The number of nitrogens with one attached hydrogen (secondary N) is 3. The highest BCUT2D eigenvalue weighted by molar-refractivity contribution is 6.40. The van der Waals surface area contributed by atoms with Crippen molar-refractivity contribution in [2.24, 2.45) is 5.10 Å². The molecule has 0 saturated carbocycles. The molecule has 0 atom stereocenters. The maximum Gasteiger partial charge on any atom is 0.343 e. The number of nitrogens with zero attached hydrogens (tertiary/aromatic N) is 1. The lowest BCUT2D eigenvalue weighted by Crippen LogP contribution is -2.33. The molecule has 0 fully saturated rings. The smallest absolute Gasteiger partial charge is 0.343 e. The van der Waals surface area contributed by atoms with Crippen molar-refractivity contribution in [2.45, 2.75) is 6.92 Å². The molecule has 0 radical (unpaired) electrons.